The summed E-state index contributed by atoms with van der Waals surface area (Å²) in [5.74, 6) is 1.15. The SMILES string of the molecule is COCC[C@H]1CN(C2=Nc3ccccc3Cc3sc4ccccc4c32)CCN1C. The van der Waals surface area contributed by atoms with Crippen molar-refractivity contribution >= 4 is 32.9 Å². The van der Waals surface area contributed by atoms with Gasteiger partial charge in [-0.25, -0.2) is 4.99 Å². The van der Waals surface area contributed by atoms with Gasteiger partial charge in [0.15, 0.2) is 0 Å². The van der Waals surface area contributed by atoms with Gasteiger partial charge >= 0.3 is 0 Å². The van der Waals surface area contributed by atoms with Gasteiger partial charge in [-0.15, -0.1) is 11.3 Å². The van der Waals surface area contributed by atoms with E-state index in [2.05, 4.69) is 65.4 Å². The van der Waals surface area contributed by atoms with Crippen LogP contribution in [0.4, 0.5) is 5.69 Å². The largest absolute Gasteiger partial charge is 0.385 e. The van der Waals surface area contributed by atoms with Crippen molar-refractivity contribution in [3.8, 4) is 0 Å². The Morgan fingerprint density at radius 3 is 2.83 bits per heavy atom. The maximum Gasteiger partial charge on any atom is 0.138 e. The molecular formula is C24H27N3OS. The maximum absolute atomic E-state index is 5.37. The highest BCUT2D eigenvalue weighted by atomic mass is 32.1. The minimum absolute atomic E-state index is 0.484. The topological polar surface area (TPSA) is 28.1 Å². The molecule has 2 aromatic carbocycles. The van der Waals surface area contributed by atoms with Crippen LogP contribution in [0.15, 0.2) is 53.5 Å². The third-order valence-electron chi connectivity index (χ3n) is 6.19. The summed E-state index contributed by atoms with van der Waals surface area (Å²) in [5.41, 5.74) is 3.78. The van der Waals surface area contributed by atoms with Crippen molar-refractivity contribution in [3.63, 3.8) is 0 Å². The molecule has 0 saturated carbocycles. The van der Waals surface area contributed by atoms with Crippen LogP contribution < -0.4 is 0 Å². The third-order valence-corrected chi connectivity index (χ3v) is 7.36. The van der Waals surface area contributed by atoms with Gasteiger partial charge in [-0.2, -0.15) is 0 Å². The summed E-state index contributed by atoms with van der Waals surface area (Å²) in [5, 5.41) is 1.34. The molecule has 0 bridgehead atoms. The number of benzene rings is 2. The minimum Gasteiger partial charge on any atom is -0.385 e. The molecule has 0 unspecified atom stereocenters. The second-order valence-electron chi connectivity index (χ2n) is 8.00. The molecular weight excluding hydrogens is 378 g/mol. The zero-order chi connectivity index (χ0) is 19.8. The predicted octanol–water partition coefficient (Wildman–Crippen LogP) is 4.54. The number of methoxy groups -OCH3 is 1. The van der Waals surface area contributed by atoms with Crippen LogP contribution in [0.3, 0.4) is 0 Å². The quantitative estimate of drug-likeness (QED) is 0.641. The average Bonchev–Trinajstić information content (AvgIpc) is 3.01. The van der Waals surface area contributed by atoms with Crippen LogP contribution in [0, 0.1) is 0 Å². The Bertz CT molecular complexity index is 1060. The van der Waals surface area contributed by atoms with Crippen molar-refractivity contribution in [2.75, 3.05) is 40.4 Å². The first-order valence-electron chi connectivity index (χ1n) is 10.4. The van der Waals surface area contributed by atoms with Crippen LogP contribution in [0.25, 0.3) is 10.1 Å². The molecule has 1 aromatic heterocycles. The second-order valence-corrected chi connectivity index (χ2v) is 9.14. The molecule has 2 aliphatic rings. The third kappa shape index (κ3) is 3.48. The second kappa shape index (κ2) is 7.90. The smallest absolute Gasteiger partial charge is 0.138 e. The molecule has 4 nitrogen and oxygen atoms in total. The molecule has 5 heteroatoms. The lowest BCUT2D eigenvalue weighted by atomic mass is 10.0. The van der Waals surface area contributed by atoms with Crippen LogP contribution in [-0.4, -0.2) is 62.1 Å². The fourth-order valence-corrected chi connectivity index (χ4v) is 5.73. The number of hydrogen-bond donors (Lipinski definition) is 0. The van der Waals surface area contributed by atoms with Crippen molar-refractivity contribution in [2.24, 2.45) is 4.99 Å². The van der Waals surface area contributed by atoms with E-state index in [4.69, 9.17) is 9.73 Å². The minimum atomic E-state index is 0.484. The molecule has 0 N–H and O–H groups in total. The van der Waals surface area contributed by atoms with E-state index in [1.54, 1.807) is 7.11 Å². The van der Waals surface area contributed by atoms with Gasteiger partial charge in [0, 0.05) is 66.3 Å². The van der Waals surface area contributed by atoms with Crippen LogP contribution in [0.1, 0.15) is 22.4 Å². The van der Waals surface area contributed by atoms with Gasteiger partial charge in [-0.05, 0) is 31.2 Å². The van der Waals surface area contributed by atoms with Crippen LogP contribution in [0.2, 0.25) is 0 Å². The van der Waals surface area contributed by atoms with E-state index < -0.39 is 0 Å². The number of thiophene rings is 1. The summed E-state index contributed by atoms with van der Waals surface area (Å²) in [6, 6.07) is 17.9. The lowest BCUT2D eigenvalue weighted by Crippen LogP contribution is -2.53. The van der Waals surface area contributed by atoms with Gasteiger partial charge in [-0.1, -0.05) is 36.4 Å². The van der Waals surface area contributed by atoms with Crippen LogP contribution >= 0.6 is 11.3 Å². The number of ether oxygens (including phenoxy) is 1. The first-order chi connectivity index (χ1) is 14.2. The van der Waals surface area contributed by atoms with E-state index in [0.717, 1.165) is 50.6 Å². The Morgan fingerprint density at radius 1 is 1.10 bits per heavy atom. The highest BCUT2D eigenvalue weighted by Crippen LogP contribution is 2.39. The Labute approximate surface area is 176 Å². The number of hydrogen-bond acceptors (Lipinski definition) is 5. The Hall–Kier alpha value is -2.21. The summed E-state index contributed by atoms with van der Waals surface area (Å²) in [6.45, 7) is 3.84. The number of para-hydroxylation sites is 1. The number of likely N-dealkylation sites (N-methyl/N-ethyl adjacent to an activating group) is 1. The van der Waals surface area contributed by atoms with Crippen molar-refractivity contribution in [2.45, 2.75) is 18.9 Å². The van der Waals surface area contributed by atoms with E-state index in [-0.39, 0.29) is 0 Å². The first kappa shape index (κ1) is 18.8. The molecule has 150 valence electrons. The van der Waals surface area contributed by atoms with Gasteiger partial charge in [0.05, 0.1) is 5.69 Å². The molecule has 1 saturated heterocycles. The fourth-order valence-electron chi connectivity index (χ4n) is 4.51. The standard InChI is InChI=1S/C24H27N3OS/c1-26-12-13-27(16-18(26)11-14-28-2)24-23-19-8-4-6-10-21(19)29-22(23)15-17-7-3-5-9-20(17)25-24/h3-10,18H,11-16H2,1-2H3/t18-/m0/s1. The van der Waals surface area contributed by atoms with E-state index in [9.17, 15) is 0 Å². The summed E-state index contributed by atoms with van der Waals surface area (Å²) < 4.78 is 6.72. The zero-order valence-electron chi connectivity index (χ0n) is 17.1. The van der Waals surface area contributed by atoms with E-state index in [1.807, 2.05) is 11.3 Å². The molecule has 0 aliphatic carbocycles. The number of amidine groups is 1. The summed E-state index contributed by atoms with van der Waals surface area (Å²) >= 11 is 1.92. The first-order valence-corrected chi connectivity index (χ1v) is 11.2. The molecule has 29 heavy (non-hydrogen) atoms. The molecule has 3 heterocycles. The van der Waals surface area contributed by atoms with Gasteiger partial charge in [0.25, 0.3) is 0 Å². The van der Waals surface area contributed by atoms with Gasteiger partial charge in [-0.3, -0.25) is 4.90 Å². The fraction of sp³-hybridized carbons (Fsp3) is 0.375. The number of nitrogens with zero attached hydrogens (tertiary/aromatic N) is 3. The zero-order valence-corrected chi connectivity index (χ0v) is 17.9. The van der Waals surface area contributed by atoms with Crippen molar-refractivity contribution in [1.82, 2.24) is 9.80 Å². The molecule has 0 spiro atoms. The highest BCUT2D eigenvalue weighted by molar-refractivity contribution is 7.19. The number of fused-ring (bicyclic) bond motifs is 4. The average molecular weight is 406 g/mol. The van der Waals surface area contributed by atoms with E-state index >= 15 is 0 Å². The number of piperazine rings is 1. The number of rotatable bonds is 3. The Morgan fingerprint density at radius 2 is 1.93 bits per heavy atom. The molecule has 0 amide bonds. The number of aliphatic imine (C=N–C) groups is 1. The predicted molar refractivity (Wildman–Crippen MR) is 122 cm³/mol. The summed E-state index contributed by atoms with van der Waals surface area (Å²) in [6.07, 6.45) is 2.00. The van der Waals surface area contributed by atoms with Crippen molar-refractivity contribution in [1.29, 1.82) is 0 Å². The molecule has 5 rings (SSSR count). The van der Waals surface area contributed by atoms with Crippen LogP contribution in [-0.2, 0) is 11.2 Å². The van der Waals surface area contributed by atoms with Gasteiger partial charge in [0.1, 0.15) is 5.84 Å². The van der Waals surface area contributed by atoms with Crippen molar-refractivity contribution in [3.05, 3.63) is 64.5 Å². The molecule has 3 aromatic rings. The lowest BCUT2D eigenvalue weighted by Gasteiger charge is -2.41. The monoisotopic (exact) mass is 405 g/mol. The normalized spacial score (nSPS) is 19.6. The molecule has 1 atom stereocenters. The van der Waals surface area contributed by atoms with Gasteiger partial charge < -0.3 is 9.64 Å². The highest BCUT2D eigenvalue weighted by Gasteiger charge is 2.30. The van der Waals surface area contributed by atoms with Crippen molar-refractivity contribution < 1.29 is 4.74 Å². The molecule has 0 radical (unpaired) electrons. The lowest BCUT2D eigenvalue weighted by molar-refractivity contribution is 0.100. The summed E-state index contributed by atoms with van der Waals surface area (Å²) in [7, 11) is 4.02. The molecule has 2 aliphatic heterocycles. The summed E-state index contributed by atoms with van der Waals surface area (Å²) in [4.78, 5) is 11.7. The van der Waals surface area contributed by atoms with E-state index in [0.29, 0.717) is 6.04 Å². The maximum atomic E-state index is 5.37. The Balaban J connectivity index is 1.61. The molecule has 1 fully saturated rings. The van der Waals surface area contributed by atoms with Gasteiger partial charge in [0.2, 0.25) is 0 Å². The Kier molecular flexibility index (Phi) is 5.12. The van der Waals surface area contributed by atoms with Crippen LogP contribution in [0.5, 0.6) is 0 Å². The van der Waals surface area contributed by atoms with E-state index in [1.165, 1.54) is 26.1 Å².